The fourth-order valence-electron chi connectivity index (χ4n) is 1.26. The van der Waals surface area contributed by atoms with Gasteiger partial charge in [0.15, 0.2) is 0 Å². The Labute approximate surface area is 84.5 Å². The Hall–Kier alpha value is -0.870. The third kappa shape index (κ3) is 2.82. The number of carbonyl (C=O) groups is 1. The summed E-state index contributed by atoms with van der Waals surface area (Å²) < 4.78 is 10.7. The maximum atomic E-state index is 10.8. The van der Waals surface area contributed by atoms with Crippen LogP contribution in [-0.2, 0) is 14.3 Å². The molecule has 0 aromatic heterocycles. The molecule has 14 heavy (non-hydrogen) atoms. The van der Waals surface area contributed by atoms with Gasteiger partial charge in [0.2, 0.25) is 5.79 Å². The first-order valence-corrected chi connectivity index (χ1v) is 4.74. The highest BCUT2D eigenvalue weighted by atomic mass is 16.7. The summed E-state index contributed by atoms with van der Waals surface area (Å²) in [7, 11) is 0. The molecule has 0 atom stereocenters. The summed E-state index contributed by atoms with van der Waals surface area (Å²) >= 11 is 0. The standard InChI is InChI=1S/C10H18O4/c1-5-10(13-6-2,14-7-3)8(4)9(11)12/h4-7H2,1-3H3,(H,11,12). The van der Waals surface area contributed by atoms with Crippen molar-refractivity contribution >= 4 is 5.97 Å². The van der Waals surface area contributed by atoms with Crippen molar-refractivity contribution in [3.63, 3.8) is 0 Å². The zero-order valence-corrected chi connectivity index (χ0v) is 9.00. The van der Waals surface area contributed by atoms with E-state index in [1.807, 2.05) is 0 Å². The van der Waals surface area contributed by atoms with Crippen LogP contribution in [0.1, 0.15) is 27.2 Å². The maximum absolute atomic E-state index is 10.8. The van der Waals surface area contributed by atoms with Gasteiger partial charge in [-0.15, -0.1) is 0 Å². The van der Waals surface area contributed by atoms with Crippen molar-refractivity contribution < 1.29 is 19.4 Å². The van der Waals surface area contributed by atoms with Gasteiger partial charge in [-0.25, -0.2) is 4.79 Å². The minimum absolute atomic E-state index is 0.0521. The van der Waals surface area contributed by atoms with Crippen molar-refractivity contribution in [2.45, 2.75) is 33.0 Å². The summed E-state index contributed by atoms with van der Waals surface area (Å²) in [5.74, 6) is -2.26. The Morgan fingerprint density at radius 1 is 1.29 bits per heavy atom. The summed E-state index contributed by atoms with van der Waals surface area (Å²) in [6.45, 7) is 9.65. The van der Waals surface area contributed by atoms with Crippen LogP contribution in [0.5, 0.6) is 0 Å². The number of carboxylic acids is 1. The molecule has 4 nitrogen and oxygen atoms in total. The van der Waals surface area contributed by atoms with E-state index in [0.717, 1.165) is 0 Å². The third-order valence-electron chi connectivity index (χ3n) is 1.94. The summed E-state index contributed by atoms with van der Waals surface area (Å²) in [4.78, 5) is 10.8. The molecule has 0 spiro atoms. The highest BCUT2D eigenvalue weighted by molar-refractivity contribution is 5.87. The molecule has 4 heteroatoms. The second-order valence-electron chi connectivity index (χ2n) is 2.76. The molecule has 0 aliphatic carbocycles. The molecular formula is C10H18O4. The van der Waals surface area contributed by atoms with E-state index in [1.165, 1.54) is 0 Å². The number of carboxylic acid groups (broad SMARTS) is 1. The third-order valence-corrected chi connectivity index (χ3v) is 1.94. The fraction of sp³-hybridized carbons (Fsp3) is 0.700. The Bertz CT molecular complexity index is 204. The average Bonchev–Trinajstić information content (AvgIpc) is 2.16. The molecule has 0 unspecified atom stereocenters. The minimum Gasteiger partial charge on any atom is -0.478 e. The van der Waals surface area contributed by atoms with Gasteiger partial charge in [0.1, 0.15) is 0 Å². The van der Waals surface area contributed by atoms with Crippen LogP contribution in [0, 0.1) is 0 Å². The monoisotopic (exact) mass is 202 g/mol. The minimum atomic E-state index is -1.17. The van der Waals surface area contributed by atoms with Gasteiger partial charge >= 0.3 is 5.97 Å². The highest BCUT2D eigenvalue weighted by Crippen LogP contribution is 2.26. The predicted molar refractivity (Wildman–Crippen MR) is 53.0 cm³/mol. The first kappa shape index (κ1) is 13.1. The van der Waals surface area contributed by atoms with E-state index in [4.69, 9.17) is 14.6 Å². The van der Waals surface area contributed by atoms with Crippen molar-refractivity contribution in [3.8, 4) is 0 Å². The quantitative estimate of drug-likeness (QED) is 0.505. The molecule has 0 saturated heterocycles. The Kier molecular flexibility index (Phi) is 5.42. The molecule has 0 aliphatic rings. The lowest BCUT2D eigenvalue weighted by atomic mass is 10.1. The molecule has 0 aromatic carbocycles. The molecule has 0 heterocycles. The van der Waals surface area contributed by atoms with Crippen LogP contribution in [0.2, 0.25) is 0 Å². The van der Waals surface area contributed by atoms with Gasteiger partial charge in [-0.3, -0.25) is 0 Å². The summed E-state index contributed by atoms with van der Waals surface area (Å²) in [6.07, 6.45) is 0.430. The average molecular weight is 202 g/mol. The van der Waals surface area contributed by atoms with E-state index in [0.29, 0.717) is 19.6 Å². The molecule has 0 amide bonds. The van der Waals surface area contributed by atoms with Crippen molar-refractivity contribution in [2.75, 3.05) is 13.2 Å². The normalized spacial score (nSPS) is 11.4. The lowest BCUT2D eigenvalue weighted by Gasteiger charge is -2.32. The first-order valence-electron chi connectivity index (χ1n) is 4.74. The first-order chi connectivity index (χ1) is 6.54. The van der Waals surface area contributed by atoms with Crippen molar-refractivity contribution in [1.29, 1.82) is 0 Å². The SMILES string of the molecule is C=C(C(=O)O)C(CC)(OCC)OCC. The number of hydrogen-bond donors (Lipinski definition) is 1. The van der Waals surface area contributed by atoms with Crippen LogP contribution < -0.4 is 0 Å². The molecule has 0 rings (SSSR count). The Morgan fingerprint density at radius 3 is 1.93 bits per heavy atom. The molecule has 0 aromatic rings. The van der Waals surface area contributed by atoms with Crippen LogP contribution in [-0.4, -0.2) is 30.1 Å². The van der Waals surface area contributed by atoms with Crippen molar-refractivity contribution in [1.82, 2.24) is 0 Å². The van der Waals surface area contributed by atoms with Crippen LogP contribution in [0.4, 0.5) is 0 Å². The molecule has 0 bridgehead atoms. The van der Waals surface area contributed by atoms with Crippen molar-refractivity contribution in [3.05, 3.63) is 12.2 Å². The molecule has 0 saturated carbocycles. The highest BCUT2D eigenvalue weighted by Gasteiger charge is 2.36. The Balaban J connectivity index is 4.81. The molecule has 1 N–H and O–H groups in total. The van der Waals surface area contributed by atoms with E-state index in [9.17, 15) is 4.79 Å². The van der Waals surface area contributed by atoms with Gasteiger partial charge in [0.25, 0.3) is 0 Å². The number of aliphatic carboxylic acids is 1. The van der Waals surface area contributed by atoms with Gasteiger partial charge in [0, 0.05) is 19.6 Å². The fourth-order valence-corrected chi connectivity index (χ4v) is 1.26. The Morgan fingerprint density at radius 2 is 1.71 bits per heavy atom. The summed E-state index contributed by atoms with van der Waals surface area (Å²) in [5, 5.41) is 8.84. The summed E-state index contributed by atoms with van der Waals surface area (Å²) in [6, 6.07) is 0. The predicted octanol–water partition coefficient (Wildman–Crippen LogP) is 1.81. The summed E-state index contributed by atoms with van der Waals surface area (Å²) in [5.41, 5.74) is -0.0521. The zero-order valence-electron chi connectivity index (χ0n) is 9.00. The van der Waals surface area contributed by atoms with Gasteiger partial charge in [-0.2, -0.15) is 0 Å². The number of ether oxygens (including phenoxy) is 2. The lowest BCUT2D eigenvalue weighted by Crippen LogP contribution is -2.40. The van der Waals surface area contributed by atoms with Gasteiger partial charge in [-0.05, 0) is 13.8 Å². The number of rotatable bonds is 7. The zero-order chi connectivity index (χ0) is 11.2. The second kappa shape index (κ2) is 5.78. The van der Waals surface area contributed by atoms with Gasteiger partial charge < -0.3 is 14.6 Å². The second-order valence-corrected chi connectivity index (χ2v) is 2.76. The molecule has 0 radical (unpaired) electrons. The van der Waals surface area contributed by atoms with E-state index in [-0.39, 0.29) is 5.57 Å². The molecule has 0 fully saturated rings. The lowest BCUT2D eigenvalue weighted by molar-refractivity contribution is -0.211. The maximum Gasteiger partial charge on any atom is 0.336 e. The van der Waals surface area contributed by atoms with Gasteiger partial charge in [-0.1, -0.05) is 13.5 Å². The largest absolute Gasteiger partial charge is 0.478 e. The van der Waals surface area contributed by atoms with Crippen molar-refractivity contribution in [2.24, 2.45) is 0 Å². The van der Waals surface area contributed by atoms with Crippen LogP contribution in [0.25, 0.3) is 0 Å². The topological polar surface area (TPSA) is 55.8 Å². The van der Waals surface area contributed by atoms with Gasteiger partial charge in [0.05, 0.1) is 5.57 Å². The van der Waals surface area contributed by atoms with Crippen LogP contribution in [0.3, 0.4) is 0 Å². The molecule has 0 aliphatic heterocycles. The van der Waals surface area contributed by atoms with Crippen LogP contribution in [0.15, 0.2) is 12.2 Å². The molecular weight excluding hydrogens is 184 g/mol. The number of hydrogen-bond acceptors (Lipinski definition) is 3. The van der Waals surface area contributed by atoms with Crippen LogP contribution >= 0.6 is 0 Å². The smallest absolute Gasteiger partial charge is 0.336 e. The van der Waals surface area contributed by atoms with E-state index in [1.54, 1.807) is 20.8 Å². The van der Waals surface area contributed by atoms with E-state index < -0.39 is 11.8 Å². The van der Waals surface area contributed by atoms with E-state index >= 15 is 0 Å². The molecule has 82 valence electrons. The van der Waals surface area contributed by atoms with E-state index in [2.05, 4.69) is 6.58 Å².